The topological polar surface area (TPSA) is 85.9 Å². The zero-order valence-electron chi connectivity index (χ0n) is 10.3. The van der Waals surface area contributed by atoms with Crippen molar-refractivity contribution in [3.8, 4) is 0 Å². The quantitative estimate of drug-likeness (QED) is 0.663. The summed E-state index contributed by atoms with van der Waals surface area (Å²) in [5, 5.41) is 17.9. The van der Waals surface area contributed by atoms with Gasteiger partial charge in [-0.3, -0.25) is 14.8 Å². The number of nitrogens with one attached hydrogen (secondary N) is 1. The minimum atomic E-state index is -0.475. The molecule has 2 aromatic heterocycles. The van der Waals surface area contributed by atoms with Crippen molar-refractivity contribution in [1.29, 1.82) is 0 Å². The Morgan fingerprint density at radius 3 is 2.56 bits per heavy atom. The Balaban J connectivity index is 2.26. The lowest BCUT2D eigenvalue weighted by Gasteiger charge is -2.05. The molecule has 0 radical (unpaired) electrons. The van der Waals surface area contributed by atoms with Crippen molar-refractivity contribution in [3.63, 3.8) is 0 Å². The lowest BCUT2D eigenvalue weighted by Crippen LogP contribution is -1.98. The third-order valence-electron chi connectivity index (χ3n) is 2.72. The molecule has 0 atom stereocenters. The average Bonchev–Trinajstić information content (AvgIpc) is 2.57. The molecule has 7 nitrogen and oxygen atoms in total. The molecule has 0 amide bonds. The number of aromatic nitrogens is 3. The lowest BCUT2D eigenvalue weighted by atomic mass is 10.3. The molecule has 2 aromatic rings. The summed E-state index contributed by atoms with van der Waals surface area (Å²) in [5.74, 6) is 0.555. The van der Waals surface area contributed by atoms with Crippen LogP contribution in [0.1, 0.15) is 11.4 Å². The third-order valence-corrected chi connectivity index (χ3v) is 2.72. The fourth-order valence-corrected chi connectivity index (χ4v) is 1.65. The highest BCUT2D eigenvalue weighted by Crippen LogP contribution is 2.23. The van der Waals surface area contributed by atoms with Gasteiger partial charge in [0, 0.05) is 13.1 Å². The SMILES string of the molecule is Cc1nn(C)c(C)c1Nc1ccc([N+](=O)[O-])cn1. The highest BCUT2D eigenvalue weighted by Gasteiger charge is 2.11. The van der Waals surface area contributed by atoms with Gasteiger partial charge in [-0.05, 0) is 19.9 Å². The minimum Gasteiger partial charge on any atom is -0.337 e. The molecule has 0 spiro atoms. The molecule has 0 aliphatic carbocycles. The van der Waals surface area contributed by atoms with E-state index in [0.717, 1.165) is 17.1 Å². The molecule has 2 heterocycles. The first-order chi connectivity index (χ1) is 8.49. The summed E-state index contributed by atoms with van der Waals surface area (Å²) < 4.78 is 1.77. The highest BCUT2D eigenvalue weighted by molar-refractivity contribution is 5.61. The van der Waals surface area contributed by atoms with Gasteiger partial charge in [0.05, 0.1) is 22.0 Å². The van der Waals surface area contributed by atoms with E-state index in [-0.39, 0.29) is 5.69 Å². The summed E-state index contributed by atoms with van der Waals surface area (Å²) in [6, 6.07) is 2.99. The van der Waals surface area contributed by atoms with Gasteiger partial charge in [-0.15, -0.1) is 0 Å². The van der Waals surface area contributed by atoms with Crippen molar-refractivity contribution < 1.29 is 4.92 Å². The van der Waals surface area contributed by atoms with Gasteiger partial charge >= 0.3 is 0 Å². The first kappa shape index (κ1) is 12.0. The molecule has 0 saturated carbocycles. The van der Waals surface area contributed by atoms with E-state index < -0.39 is 4.92 Å². The predicted molar refractivity (Wildman–Crippen MR) is 66.9 cm³/mol. The Labute approximate surface area is 104 Å². The van der Waals surface area contributed by atoms with E-state index >= 15 is 0 Å². The molecule has 7 heteroatoms. The standard InChI is InChI=1S/C11H13N5O2/c1-7-11(8(2)15(3)14-7)13-10-5-4-9(6-12-10)16(17)18/h4-6H,1-3H3,(H,12,13). The Morgan fingerprint density at radius 2 is 2.11 bits per heavy atom. The fraction of sp³-hybridized carbons (Fsp3) is 0.273. The Morgan fingerprint density at radius 1 is 1.39 bits per heavy atom. The van der Waals surface area contributed by atoms with Gasteiger partial charge < -0.3 is 5.32 Å². The molecular formula is C11H13N5O2. The molecule has 0 aromatic carbocycles. The maximum absolute atomic E-state index is 10.5. The smallest absolute Gasteiger partial charge is 0.287 e. The summed E-state index contributed by atoms with van der Waals surface area (Å²) >= 11 is 0. The summed E-state index contributed by atoms with van der Waals surface area (Å²) in [4.78, 5) is 14.0. The van der Waals surface area contributed by atoms with E-state index in [9.17, 15) is 10.1 Å². The van der Waals surface area contributed by atoms with Crippen molar-refractivity contribution in [2.24, 2.45) is 7.05 Å². The van der Waals surface area contributed by atoms with Crippen LogP contribution < -0.4 is 5.32 Å². The van der Waals surface area contributed by atoms with Gasteiger partial charge in [-0.25, -0.2) is 4.98 Å². The maximum Gasteiger partial charge on any atom is 0.287 e. The van der Waals surface area contributed by atoms with Crippen molar-refractivity contribution in [1.82, 2.24) is 14.8 Å². The molecule has 94 valence electrons. The van der Waals surface area contributed by atoms with Crippen molar-refractivity contribution in [3.05, 3.63) is 39.8 Å². The number of aryl methyl sites for hydroxylation is 2. The van der Waals surface area contributed by atoms with Crippen molar-refractivity contribution in [2.45, 2.75) is 13.8 Å². The number of rotatable bonds is 3. The van der Waals surface area contributed by atoms with Crippen LogP contribution in [0.15, 0.2) is 18.3 Å². The van der Waals surface area contributed by atoms with Gasteiger partial charge in [-0.1, -0.05) is 0 Å². The zero-order chi connectivity index (χ0) is 13.3. The van der Waals surface area contributed by atoms with Crippen molar-refractivity contribution >= 4 is 17.2 Å². The third kappa shape index (κ3) is 2.15. The van der Waals surface area contributed by atoms with Crippen LogP contribution in [0, 0.1) is 24.0 Å². The van der Waals surface area contributed by atoms with Crippen LogP contribution in [0.4, 0.5) is 17.2 Å². The van der Waals surface area contributed by atoms with Gasteiger partial charge in [0.25, 0.3) is 5.69 Å². The van der Waals surface area contributed by atoms with E-state index in [0.29, 0.717) is 5.82 Å². The monoisotopic (exact) mass is 247 g/mol. The van der Waals surface area contributed by atoms with Gasteiger partial charge in [0.15, 0.2) is 0 Å². The summed E-state index contributed by atoms with van der Waals surface area (Å²) in [5.41, 5.74) is 2.68. The van der Waals surface area contributed by atoms with Crippen LogP contribution in [0.2, 0.25) is 0 Å². The number of anilines is 2. The van der Waals surface area contributed by atoms with E-state index in [2.05, 4.69) is 15.4 Å². The maximum atomic E-state index is 10.5. The molecule has 0 saturated heterocycles. The molecule has 0 bridgehead atoms. The Kier molecular flexibility index (Phi) is 2.97. The molecule has 0 fully saturated rings. The molecular weight excluding hydrogens is 234 g/mol. The fourth-order valence-electron chi connectivity index (χ4n) is 1.65. The van der Waals surface area contributed by atoms with Crippen molar-refractivity contribution in [2.75, 3.05) is 5.32 Å². The lowest BCUT2D eigenvalue weighted by molar-refractivity contribution is -0.385. The molecule has 2 rings (SSSR count). The Bertz CT molecular complexity index is 588. The number of pyridine rings is 1. The first-order valence-electron chi connectivity index (χ1n) is 5.36. The van der Waals surface area contributed by atoms with Crippen LogP contribution in [0.25, 0.3) is 0 Å². The molecule has 0 unspecified atom stereocenters. The van der Waals surface area contributed by atoms with Gasteiger partial charge in [0.2, 0.25) is 0 Å². The zero-order valence-corrected chi connectivity index (χ0v) is 10.3. The number of nitro groups is 1. The summed E-state index contributed by atoms with van der Waals surface area (Å²) in [6.07, 6.45) is 1.23. The van der Waals surface area contributed by atoms with Crippen LogP contribution >= 0.6 is 0 Å². The molecule has 1 N–H and O–H groups in total. The second kappa shape index (κ2) is 4.44. The number of hydrogen-bond acceptors (Lipinski definition) is 5. The summed E-state index contributed by atoms with van der Waals surface area (Å²) in [6.45, 7) is 3.83. The average molecular weight is 247 g/mol. The predicted octanol–water partition coefficient (Wildman–Crippen LogP) is 2.08. The van der Waals surface area contributed by atoms with Crippen LogP contribution in [-0.2, 0) is 7.05 Å². The van der Waals surface area contributed by atoms with E-state index in [4.69, 9.17) is 0 Å². The van der Waals surface area contributed by atoms with E-state index in [1.165, 1.54) is 12.3 Å². The Hall–Kier alpha value is -2.44. The van der Waals surface area contributed by atoms with Crippen LogP contribution in [0.3, 0.4) is 0 Å². The number of nitrogens with zero attached hydrogens (tertiary/aromatic N) is 4. The van der Waals surface area contributed by atoms with Gasteiger partial charge in [0.1, 0.15) is 12.0 Å². The minimum absolute atomic E-state index is 0.0276. The second-order valence-electron chi connectivity index (χ2n) is 3.95. The highest BCUT2D eigenvalue weighted by atomic mass is 16.6. The molecule has 18 heavy (non-hydrogen) atoms. The van der Waals surface area contributed by atoms with Crippen LogP contribution in [0.5, 0.6) is 0 Å². The van der Waals surface area contributed by atoms with E-state index in [1.54, 1.807) is 10.7 Å². The summed E-state index contributed by atoms with van der Waals surface area (Å²) in [7, 11) is 1.86. The van der Waals surface area contributed by atoms with Gasteiger partial charge in [-0.2, -0.15) is 5.10 Å². The molecule has 0 aliphatic rings. The first-order valence-corrected chi connectivity index (χ1v) is 5.36. The normalized spacial score (nSPS) is 10.4. The molecule has 0 aliphatic heterocycles. The van der Waals surface area contributed by atoms with E-state index in [1.807, 2.05) is 20.9 Å². The largest absolute Gasteiger partial charge is 0.337 e. The van der Waals surface area contributed by atoms with Crippen LogP contribution in [-0.4, -0.2) is 19.7 Å². The second-order valence-corrected chi connectivity index (χ2v) is 3.95. The number of hydrogen-bond donors (Lipinski definition) is 1.